The Morgan fingerprint density at radius 2 is 1.95 bits per heavy atom. The van der Waals surface area contributed by atoms with Gasteiger partial charge in [0.05, 0.1) is 6.61 Å². The summed E-state index contributed by atoms with van der Waals surface area (Å²) in [7, 11) is 1.78. The van der Waals surface area contributed by atoms with Crippen molar-refractivity contribution < 1.29 is 4.74 Å². The normalized spacial score (nSPS) is 11.3. The molecular formula is C17H30IN3O. The Balaban J connectivity index is 0.00000441. The van der Waals surface area contributed by atoms with Gasteiger partial charge in [0.15, 0.2) is 5.96 Å². The van der Waals surface area contributed by atoms with Crippen LogP contribution in [0.2, 0.25) is 0 Å². The summed E-state index contributed by atoms with van der Waals surface area (Å²) >= 11 is 0. The van der Waals surface area contributed by atoms with Crippen LogP contribution in [0, 0.1) is 19.8 Å². The van der Waals surface area contributed by atoms with E-state index in [0.29, 0.717) is 12.5 Å². The van der Waals surface area contributed by atoms with Crippen molar-refractivity contribution in [1.29, 1.82) is 0 Å². The van der Waals surface area contributed by atoms with Crippen molar-refractivity contribution in [2.45, 2.75) is 34.2 Å². The molecule has 1 aromatic rings. The van der Waals surface area contributed by atoms with E-state index in [1.807, 2.05) is 0 Å². The fourth-order valence-electron chi connectivity index (χ4n) is 2.00. The van der Waals surface area contributed by atoms with E-state index in [1.54, 1.807) is 7.05 Å². The van der Waals surface area contributed by atoms with Crippen molar-refractivity contribution in [3.63, 3.8) is 0 Å². The van der Waals surface area contributed by atoms with Crippen LogP contribution in [0.3, 0.4) is 0 Å². The fourth-order valence-corrected chi connectivity index (χ4v) is 2.00. The van der Waals surface area contributed by atoms with Crippen molar-refractivity contribution in [3.8, 4) is 0 Å². The Morgan fingerprint density at radius 1 is 1.23 bits per heavy atom. The molecule has 0 heterocycles. The third-order valence-electron chi connectivity index (χ3n) is 3.16. The van der Waals surface area contributed by atoms with Crippen molar-refractivity contribution in [2.75, 3.05) is 26.8 Å². The Hall–Kier alpha value is -0.820. The zero-order chi connectivity index (χ0) is 15.7. The topological polar surface area (TPSA) is 45.7 Å². The van der Waals surface area contributed by atoms with E-state index in [0.717, 1.165) is 25.7 Å². The number of ether oxygens (including phenoxy) is 1. The number of halogens is 1. The van der Waals surface area contributed by atoms with Gasteiger partial charge in [-0.15, -0.1) is 24.0 Å². The maximum absolute atomic E-state index is 5.54. The van der Waals surface area contributed by atoms with Gasteiger partial charge in [-0.3, -0.25) is 4.99 Å². The number of rotatable bonds is 7. The van der Waals surface area contributed by atoms with Gasteiger partial charge in [-0.2, -0.15) is 0 Å². The predicted molar refractivity (Wildman–Crippen MR) is 105 cm³/mol. The number of hydrogen-bond acceptors (Lipinski definition) is 2. The van der Waals surface area contributed by atoms with Crippen LogP contribution in [0.15, 0.2) is 23.2 Å². The minimum Gasteiger partial charge on any atom is -0.379 e. The van der Waals surface area contributed by atoms with Crippen molar-refractivity contribution >= 4 is 29.9 Å². The lowest BCUT2D eigenvalue weighted by Crippen LogP contribution is -2.38. The van der Waals surface area contributed by atoms with Crippen molar-refractivity contribution in [3.05, 3.63) is 34.9 Å². The third-order valence-corrected chi connectivity index (χ3v) is 3.16. The van der Waals surface area contributed by atoms with Gasteiger partial charge in [-0.25, -0.2) is 0 Å². The fraction of sp³-hybridized carbons (Fsp3) is 0.588. The van der Waals surface area contributed by atoms with E-state index in [9.17, 15) is 0 Å². The number of benzene rings is 1. The molecule has 0 aliphatic carbocycles. The number of nitrogens with one attached hydrogen (secondary N) is 2. The third kappa shape index (κ3) is 8.58. The van der Waals surface area contributed by atoms with Gasteiger partial charge in [0.2, 0.25) is 0 Å². The summed E-state index contributed by atoms with van der Waals surface area (Å²) in [6, 6.07) is 6.50. The number of nitrogens with zero attached hydrogens (tertiary/aromatic N) is 1. The summed E-state index contributed by atoms with van der Waals surface area (Å²) < 4.78 is 5.54. The first-order valence-electron chi connectivity index (χ1n) is 7.61. The SMILES string of the molecule is CN=C(NCCOCC(C)C)NCc1ccc(C)cc1C.I. The van der Waals surface area contributed by atoms with E-state index >= 15 is 0 Å². The highest BCUT2D eigenvalue weighted by Crippen LogP contribution is 2.09. The number of hydrogen-bond donors (Lipinski definition) is 2. The minimum absolute atomic E-state index is 0. The van der Waals surface area contributed by atoms with Gasteiger partial charge in [0, 0.05) is 26.7 Å². The number of aliphatic imine (C=N–C) groups is 1. The van der Waals surface area contributed by atoms with Crippen LogP contribution in [-0.2, 0) is 11.3 Å². The molecule has 0 saturated heterocycles. The molecule has 0 aliphatic rings. The zero-order valence-electron chi connectivity index (χ0n) is 14.4. The second-order valence-electron chi connectivity index (χ2n) is 5.75. The average molecular weight is 419 g/mol. The van der Waals surface area contributed by atoms with Crippen LogP contribution >= 0.6 is 24.0 Å². The maximum atomic E-state index is 5.54. The van der Waals surface area contributed by atoms with Crippen LogP contribution in [0.25, 0.3) is 0 Å². The molecule has 0 unspecified atom stereocenters. The highest BCUT2D eigenvalue weighted by molar-refractivity contribution is 14.0. The van der Waals surface area contributed by atoms with Gasteiger partial charge < -0.3 is 15.4 Å². The van der Waals surface area contributed by atoms with E-state index in [2.05, 4.69) is 61.5 Å². The van der Waals surface area contributed by atoms with Crippen molar-refractivity contribution in [1.82, 2.24) is 10.6 Å². The molecule has 0 saturated carbocycles. The Kier molecular flexibility index (Phi) is 11.3. The molecule has 0 amide bonds. The van der Waals surface area contributed by atoms with E-state index in [4.69, 9.17) is 4.74 Å². The van der Waals surface area contributed by atoms with E-state index < -0.39 is 0 Å². The summed E-state index contributed by atoms with van der Waals surface area (Å²) in [5.74, 6) is 1.38. The molecule has 0 aromatic heterocycles. The van der Waals surface area contributed by atoms with Crippen molar-refractivity contribution in [2.24, 2.45) is 10.9 Å². The summed E-state index contributed by atoms with van der Waals surface area (Å²) in [5.41, 5.74) is 3.89. The molecule has 0 radical (unpaired) electrons. The quantitative estimate of drug-likeness (QED) is 0.309. The second kappa shape index (κ2) is 11.7. The predicted octanol–water partition coefficient (Wildman–Crippen LogP) is 3.26. The lowest BCUT2D eigenvalue weighted by molar-refractivity contribution is 0.114. The standard InChI is InChI=1S/C17H29N3O.HI/c1-13(2)12-21-9-8-19-17(18-5)20-11-16-7-6-14(3)10-15(16)4;/h6-7,10,13H,8-9,11-12H2,1-5H3,(H2,18,19,20);1H. The molecular weight excluding hydrogens is 389 g/mol. The molecule has 0 fully saturated rings. The van der Waals surface area contributed by atoms with Gasteiger partial charge in [-0.1, -0.05) is 37.6 Å². The van der Waals surface area contributed by atoms with Crippen LogP contribution in [0.4, 0.5) is 0 Å². The molecule has 1 aromatic carbocycles. The summed E-state index contributed by atoms with van der Waals surface area (Å²) in [6.45, 7) is 11.6. The van der Waals surface area contributed by atoms with E-state index in [-0.39, 0.29) is 24.0 Å². The number of aryl methyl sites for hydroxylation is 2. The van der Waals surface area contributed by atoms with Crippen LogP contribution in [0.1, 0.15) is 30.5 Å². The molecule has 22 heavy (non-hydrogen) atoms. The molecule has 5 heteroatoms. The molecule has 126 valence electrons. The monoisotopic (exact) mass is 419 g/mol. The lowest BCUT2D eigenvalue weighted by atomic mass is 10.1. The Morgan fingerprint density at radius 3 is 2.55 bits per heavy atom. The minimum atomic E-state index is 0. The van der Waals surface area contributed by atoms with Gasteiger partial charge >= 0.3 is 0 Å². The molecule has 0 spiro atoms. The average Bonchev–Trinajstić information content (AvgIpc) is 2.43. The molecule has 2 N–H and O–H groups in total. The summed E-state index contributed by atoms with van der Waals surface area (Å²) in [5, 5.41) is 6.59. The maximum Gasteiger partial charge on any atom is 0.191 e. The Labute approximate surface area is 152 Å². The summed E-state index contributed by atoms with van der Waals surface area (Å²) in [4.78, 5) is 4.22. The first-order valence-corrected chi connectivity index (χ1v) is 7.61. The Bertz CT molecular complexity index is 461. The van der Waals surface area contributed by atoms with E-state index in [1.165, 1.54) is 16.7 Å². The van der Waals surface area contributed by atoms with Crippen LogP contribution < -0.4 is 10.6 Å². The van der Waals surface area contributed by atoms with Gasteiger partial charge in [0.25, 0.3) is 0 Å². The first kappa shape index (κ1) is 21.2. The molecule has 1 rings (SSSR count). The smallest absolute Gasteiger partial charge is 0.191 e. The molecule has 0 bridgehead atoms. The zero-order valence-corrected chi connectivity index (χ0v) is 16.7. The van der Waals surface area contributed by atoms with Gasteiger partial charge in [0.1, 0.15) is 0 Å². The molecule has 4 nitrogen and oxygen atoms in total. The highest BCUT2D eigenvalue weighted by atomic mass is 127. The number of guanidine groups is 1. The first-order chi connectivity index (χ1) is 10.0. The van der Waals surface area contributed by atoms with Crippen LogP contribution in [0.5, 0.6) is 0 Å². The summed E-state index contributed by atoms with van der Waals surface area (Å²) in [6.07, 6.45) is 0. The molecule has 0 aliphatic heterocycles. The van der Waals surface area contributed by atoms with Crippen LogP contribution in [-0.4, -0.2) is 32.8 Å². The second-order valence-corrected chi connectivity index (χ2v) is 5.75. The highest BCUT2D eigenvalue weighted by Gasteiger charge is 2.01. The molecule has 0 atom stereocenters. The lowest BCUT2D eigenvalue weighted by Gasteiger charge is -2.14. The van der Waals surface area contributed by atoms with Gasteiger partial charge in [-0.05, 0) is 30.9 Å². The largest absolute Gasteiger partial charge is 0.379 e.